The predicted molar refractivity (Wildman–Crippen MR) is 115 cm³/mol. The first-order valence-corrected chi connectivity index (χ1v) is 10.4. The number of morpholine rings is 1. The third-order valence-electron chi connectivity index (χ3n) is 5.51. The van der Waals surface area contributed by atoms with Crippen LogP contribution in [-0.4, -0.2) is 61.2 Å². The Kier molecular flexibility index (Phi) is 7.29. The second kappa shape index (κ2) is 9.91. The minimum atomic E-state index is -0.409. The second-order valence-corrected chi connectivity index (χ2v) is 7.63. The summed E-state index contributed by atoms with van der Waals surface area (Å²) in [4.78, 5) is 30.6. The van der Waals surface area contributed by atoms with Crippen LogP contribution in [0, 0.1) is 20.8 Å². The van der Waals surface area contributed by atoms with Crippen LogP contribution in [0.4, 0.5) is 0 Å². The van der Waals surface area contributed by atoms with Gasteiger partial charge in [0, 0.05) is 25.3 Å². The monoisotopic (exact) mass is 413 g/mol. The lowest BCUT2D eigenvalue weighted by Crippen LogP contribution is -2.44. The molecule has 1 aliphatic rings. The molecule has 3 rings (SSSR count). The van der Waals surface area contributed by atoms with E-state index in [2.05, 4.69) is 40.3 Å². The van der Waals surface area contributed by atoms with Gasteiger partial charge in [0.25, 0.3) is 5.91 Å². The van der Waals surface area contributed by atoms with Crippen LogP contribution in [0.1, 0.15) is 56.2 Å². The van der Waals surface area contributed by atoms with E-state index in [4.69, 9.17) is 9.47 Å². The maximum absolute atomic E-state index is 13.0. The van der Waals surface area contributed by atoms with E-state index in [-0.39, 0.29) is 11.9 Å². The fourth-order valence-electron chi connectivity index (χ4n) is 3.99. The molecule has 30 heavy (non-hydrogen) atoms. The van der Waals surface area contributed by atoms with Crippen molar-refractivity contribution in [1.82, 2.24) is 15.2 Å². The molecule has 1 aliphatic heterocycles. The zero-order valence-electron chi connectivity index (χ0n) is 18.2. The summed E-state index contributed by atoms with van der Waals surface area (Å²) >= 11 is 0. The van der Waals surface area contributed by atoms with E-state index in [1.807, 2.05) is 6.07 Å². The Hall–Kier alpha value is -2.64. The number of nitrogens with zero attached hydrogens (tertiary/aromatic N) is 1. The van der Waals surface area contributed by atoms with E-state index in [0.29, 0.717) is 48.9 Å². The molecule has 1 aromatic carbocycles. The van der Waals surface area contributed by atoms with Crippen molar-refractivity contribution < 1.29 is 19.1 Å². The third-order valence-corrected chi connectivity index (χ3v) is 5.51. The molecule has 2 aromatic rings. The molecule has 2 heterocycles. The Morgan fingerprint density at radius 3 is 2.63 bits per heavy atom. The molecule has 2 N–H and O–H groups in total. The molecular formula is C23H31N3O4. The molecule has 1 unspecified atom stereocenters. The van der Waals surface area contributed by atoms with Crippen molar-refractivity contribution in [3.8, 4) is 0 Å². The largest absolute Gasteiger partial charge is 0.462 e. The maximum Gasteiger partial charge on any atom is 0.340 e. The molecule has 1 fully saturated rings. The number of aromatic nitrogens is 1. The van der Waals surface area contributed by atoms with Crippen molar-refractivity contribution in [3.05, 3.63) is 57.9 Å². The van der Waals surface area contributed by atoms with Crippen LogP contribution in [0.2, 0.25) is 0 Å². The third kappa shape index (κ3) is 4.91. The van der Waals surface area contributed by atoms with E-state index < -0.39 is 5.97 Å². The molecule has 0 radical (unpaired) electrons. The van der Waals surface area contributed by atoms with Gasteiger partial charge in [-0.3, -0.25) is 9.69 Å². The Labute approximate surface area is 177 Å². The zero-order chi connectivity index (χ0) is 21.7. The summed E-state index contributed by atoms with van der Waals surface area (Å²) in [5.41, 5.74) is 4.45. The van der Waals surface area contributed by atoms with Gasteiger partial charge < -0.3 is 19.8 Å². The number of aryl methyl sites for hydroxylation is 2. The molecule has 1 saturated heterocycles. The number of carbonyl (C=O) groups is 2. The topological polar surface area (TPSA) is 83.7 Å². The van der Waals surface area contributed by atoms with Crippen LogP contribution in [0.3, 0.4) is 0 Å². The van der Waals surface area contributed by atoms with Crippen LogP contribution >= 0.6 is 0 Å². The van der Waals surface area contributed by atoms with Crippen molar-refractivity contribution in [2.24, 2.45) is 0 Å². The summed E-state index contributed by atoms with van der Waals surface area (Å²) in [6.45, 7) is 11.2. The number of carbonyl (C=O) groups excluding carboxylic acids is 2. The van der Waals surface area contributed by atoms with Crippen molar-refractivity contribution in [2.75, 3.05) is 39.5 Å². The van der Waals surface area contributed by atoms with Crippen molar-refractivity contribution in [2.45, 2.75) is 33.7 Å². The van der Waals surface area contributed by atoms with Crippen molar-refractivity contribution in [1.29, 1.82) is 0 Å². The first-order valence-electron chi connectivity index (χ1n) is 10.4. The molecule has 7 nitrogen and oxygen atoms in total. The van der Waals surface area contributed by atoms with E-state index in [9.17, 15) is 9.59 Å². The zero-order valence-corrected chi connectivity index (χ0v) is 18.2. The van der Waals surface area contributed by atoms with Gasteiger partial charge in [-0.15, -0.1) is 0 Å². The number of esters is 1. The van der Waals surface area contributed by atoms with Gasteiger partial charge in [0.1, 0.15) is 5.69 Å². The smallest absolute Gasteiger partial charge is 0.340 e. The predicted octanol–water partition coefficient (Wildman–Crippen LogP) is 2.92. The van der Waals surface area contributed by atoms with Crippen molar-refractivity contribution in [3.63, 3.8) is 0 Å². The number of hydrogen-bond acceptors (Lipinski definition) is 5. The number of nitrogens with one attached hydrogen (secondary N) is 2. The fourth-order valence-corrected chi connectivity index (χ4v) is 3.99. The highest BCUT2D eigenvalue weighted by Crippen LogP contribution is 2.23. The lowest BCUT2D eigenvalue weighted by atomic mass is 10.0. The number of benzene rings is 1. The summed E-state index contributed by atoms with van der Waals surface area (Å²) < 4.78 is 10.6. The molecule has 7 heteroatoms. The molecule has 0 spiro atoms. The van der Waals surface area contributed by atoms with Gasteiger partial charge >= 0.3 is 5.97 Å². The Balaban J connectivity index is 1.78. The minimum absolute atomic E-state index is 0.0543. The average Bonchev–Trinajstić information content (AvgIpc) is 3.03. The fraction of sp³-hybridized carbons (Fsp3) is 0.478. The quantitative estimate of drug-likeness (QED) is 0.682. The second-order valence-electron chi connectivity index (χ2n) is 7.63. The van der Waals surface area contributed by atoms with E-state index in [1.54, 1.807) is 20.8 Å². The normalized spacial score (nSPS) is 15.6. The van der Waals surface area contributed by atoms with E-state index >= 15 is 0 Å². The van der Waals surface area contributed by atoms with Gasteiger partial charge in [-0.05, 0) is 38.8 Å². The van der Waals surface area contributed by atoms with Gasteiger partial charge in [0.2, 0.25) is 0 Å². The Morgan fingerprint density at radius 1 is 1.23 bits per heavy atom. The first-order chi connectivity index (χ1) is 14.4. The standard InChI is InChI=1S/C23H31N3O4/c1-5-30-23(28)20-16(3)21(25-17(20)4)22(27)24-14-19(26-9-11-29-12-10-26)18-8-6-7-15(2)13-18/h6-8,13,19,25H,5,9-12,14H2,1-4H3,(H,24,27). The van der Waals surface area contributed by atoms with E-state index in [0.717, 1.165) is 13.1 Å². The van der Waals surface area contributed by atoms with Crippen LogP contribution in [0.5, 0.6) is 0 Å². The molecule has 0 aliphatic carbocycles. The van der Waals surface area contributed by atoms with Gasteiger partial charge in [-0.2, -0.15) is 0 Å². The summed E-state index contributed by atoms with van der Waals surface area (Å²) in [6, 6.07) is 8.43. The summed E-state index contributed by atoms with van der Waals surface area (Å²) in [5, 5.41) is 3.06. The number of amides is 1. The van der Waals surface area contributed by atoms with Crippen molar-refractivity contribution >= 4 is 11.9 Å². The van der Waals surface area contributed by atoms with Gasteiger partial charge in [0.15, 0.2) is 0 Å². The highest BCUT2D eigenvalue weighted by atomic mass is 16.5. The van der Waals surface area contributed by atoms with Gasteiger partial charge in [-0.25, -0.2) is 4.79 Å². The highest BCUT2D eigenvalue weighted by Gasteiger charge is 2.26. The van der Waals surface area contributed by atoms with Gasteiger partial charge in [0.05, 0.1) is 31.4 Å². The lowest BCUT2D eigenvalue weighted by Gasteiger charge is -2.35. The highest BCUT2D eigenvalue weighted by molar-refractivity contribution is 6.00. The lowest BCUT2D eigenvalue weighted by molar-refractivity contribution is 0.0162. The van der Waals surface area contributed by atoms with Crippen LogP contribution in [-0.2, 0) is 9.47 Å². The molecule has 1 atom stereocenters. The summed E-state index contributed by atoms with van der Waals surface area (Å²) in [5.74, 6) is -0.634. The number of rotatable bonds is 7. The van der Waals surface area contributed by atoms with Gasteiger partial charge in [-0.1, -0.05) is 29.8 Å². The van der Waals surface area contributed by atoms with Crippen LogP contribution < -0.4 is 5.32 Å². The number of H-pyrrole nitrogens is 1. The molecule has 1 aromatic heterocycles. The Morgan fingerprint density at radius 2 is 1.97 bits per heavy atom. The molecular weight excluding hydrogens is 382 g/mol. The summed E-state index contributed by atoms with van der Waals surface area (Å²) in [6.07, 6.45) is 0. The summed E-state index contributed by atoms with van der Waals surface area (Å²) in [7, 11) is 0. The number of aromatic amines is 1. The molecule has 0 bridgehead atoms. The van der Waals surface area contributed by atoms with E-state index in [1.165, 1.54) is 11.1 Å². The number of hydrogen-bond donors (Lipinski definition) is 2. The molecule has 1 amide bonds. The molecule has 162 valence electrons. The number of ether oxygens (including phenoxy) is 2. The van der Waals surface area contributed by atoms with Crippen LogP contribution in [0.15, 0.2) is 24.3 Å². The van der Waals surface area contributed by atoms with Crippen LogP contribution in [0.25, 0.3) is 0 Å². The first kappa shape index (κ1) is 22.1. The molecule has 0 saturated carbocycles. The SMILES string of the molecule is CCOC(=O)c1c(C)[nH]c(C(=O)NCC(c2cccc(C)c2)N2CCOCC2)c1C. The maximum atomic E-state index is 13.0. The average molecular weight is 414 g/mol. The Bertz CT molecular complexity index is 900. The minimum Gasteiger partial charge on any atom is -0.462 e.